The van der Waals surface area contributed by atoms with Gasteiger partial charge in [-0.3, -0.25) is 0 Å². The number of fused-ring (bicyclic) bond motifs is 3. The lowest BCUT2D eigenvalue weighted by molar-refractivity contribution is -0.121. The molecule has 0 saturated heterocycles. The monoisotopic (exact) mass is 344 g/mol. The van der Waals surface area contributed by atoms with E-state index in [0.29, 0.717) is 30.7 Å². The molecular weight excluding hydrogens is 315 g/mol. The Kier molecular flexibility index (Phi) is 5.31. The van der Waals surface area contributed by atoms with Gasteiger partial charge in [0, 0.05) is 6.42 Å². The van der Waals surface area contributed by atoms with Crippen LogP contribution < -0.4 is 4.74 Å². The van der Waals surface area contributed by atoms with Gasteiger partial charge in [0.2, 0.25) is 0 Å². The third-order valence-electron chi connectivity index (χ3n) is 6.52. The van der Waals surface area contributed by atoms with Crippen molar-refractivity contribution in [3.05, 3.63) is 41.7 Å². The molecular formula is C22H29FO2. The molecule has 0 N–H and O–H groups in total. The fourth-order valence-corrected chi connectivity index (χ4v) is 4.78. The molecule has 0 heterocycles. The lowest BCUT2D eigenvalue weighted by atomic mass is 9.51. The molecule has 0 atom stereocenters. The molecule has 3 heteroatoms. The van der Waals surface area contributed by atoms with Gasteiger partial charge >= 0.3 is 0 Å². The lowest BCUT2D eigenvalue weighted by Crippen LogP contribution is -2.44. The molecule has 3 fully saturated rings. The highest BCUT2D eigenvalue weighted by Crippen LogP contribution is 2.59. The number of hydrogen-bond acceptors (Lipinski definition) is 2. The van der Waals surface area contributed by atoms with Crippen LogP contribution in [0.5, 0.6) is 5.75 Å². The predicted molar refractivity (Wildman–Crippen MR) is 98.5 cm³/mol. The van der Waals surface area contributed by atoms with Crippen LogP contribution >= 0.6 is 0 Å². The van der Waals surface area contributed by atoms with E-state index in [0.717, 1.165) is 12.2 Å². The molecule has 4 rings (SSSR count). The first-order chi connectivity index (χ1) is 12.0. The molecule has 3 aliphatic rings. The van der Waals surface area contributed by atoms with E-state index in [9.17, 15) is 9.18 Å². The smallest absolute Gasteiger partial charge is 0.130 e. The molecule has 0 spiro atoms. The van der Waals surface area contributed by atoms with Crippen LogP contribution in [0.25, 0.3) is 0 Å². The second kappa shape index (κ2) is 7.31. The third-order valence-corrected chi connectivity index (χ3v) is 6.52. The molecule has 2 bridgehead atoms. The molecule has 0 radical (unpaired) electrons. The highest BCUT2D eigenvalue weighted by atomic mass is 19.1. The van der Waals surface area contributed by atoms with Crippen molar-refractivity contribution >= 4 is 5.78 Å². The summed E-state index contributed by atoms with van der Waals surface area (Å²) in [6.45, 7) is 3.96. The molecule has 3 saturated carbocycles. The molecule has 0 aliphatic heterocycles. The maximum atomic E-state index is 12.6. The third kappa shape index (κ3) is 3.80. The Hall–Kier alpha value is -1.64. The number of halogens is 1. The van der Waals surface area contributed by atoms with Crippen LogP contribution in [-0.2, 0) is 10.2 Å². The van der Waals surface area contributed by atoms with Gasteiger partial charge < -0.3 is 9.53 Å². The minimum absolute atomic E-state index is 0.282. The first-order valence-electron chi connectivity index (χ1n) is 9.52. The topological polar surface area (TPSA) is 26.3 Å². The molecule has 136 valence electrons. The minimum Gasteiger partial charge on any atom is -0.489 e. The van der Waals surface area contributed by atoms with Gasteiger partial charge in [0.25, 0.3) is 0 Å². The standard InChI is InChI=1S/C22H29FO2/c1-3-18(15-23)16-25-20-6-4-19(5-7-20)22-11-8-21(9-12-22,10-13-22)14-17(2)24/h4-7,15H,3,8-14,16H2,1-2H3/b18-15+. The number of hydrogen-bond donors (Lipinski definition) is 0. The van der Waals surface area contributed by atoms with Gasteiger partial charge in [-0.1, -0.05) is 19.1 Å². The summed E-state index contributed by atoms with van der Waals surface area (Å²) < 4.78 is 18.3. The van der Waals surface area contributed by atoms with E-state index in [-0.39, 0.29) is 10.8 Å². The van der Waals surface area contributed by atoms with Crippen molar-refractivity contribution in [3.8, 4) is 5.75 Å². The van der Waals surface area contributed by atoms with Crippen LogP contribution in [0.2, 0.25) is 0 Å². The molecule has 0 unspecified atom stereocenters. The molecule has 3 aliphatic carbocycles. The van der Waals surface area contributed by atoms with Gasteiger partial charge in [-0.05, 0) is 86.0 Å². The van der Waals surface area contributed by atoms with Gasteiger partial charge in [-0.15, -0.1) is 0 Å². The predicted octanol–water partition coefficient (Wildman–Crippen LogP) is 5.90. The van der Waals surface area contributed by atoms with E-state index in [4.69, 9.17) is 4.74 Å². The summed E-state index contributed by atoms with van der Waals surface area (Å²) in [4.78, 5) is 11.6. The zero-order chi connectivity index (χ0) is 17.9. The van der Waals surface area contributed by atoms with Crippen molar-refractivity contribution in [2.24, 2.45) is 5.41 Å². The highest BCUT2D eigenvalue weighted by molar-refractivity contribution is 5.76. The SMILES string of the molecule is CC/C(=C\F)COc1ccc(C23CCC(CC(C)=O)(CC2)CC3)cc1. The van der Waals surface area contributed by atoms with Crippen molar-refractivity contribution in [1.82, 2.24) is 0 Å². The van der Waals surface area contributed by atoms with Gasteiger partial charge in [-0.2, -0.15) is 0 Å². The highest BCUT2D eigenvalue weighted by Gasteiger charge is 2.49. The summed E-state index contributed by atoms with van der Waals surface area (Å²) in [7, 11) is 0. The fourth-order valence-electron chi connectivity index (χ4n) is 4.78. The van der Waals surface area contributed by atoms with Crippen LogP contribution in [-0.4, -0.2) is 12.4 Å². The van der Waals surface area contributed by atoms with E-state index < -0.39 is 0 Å². The summed E-state index contributed by atoms with van der Waals surface area (Å²) in [5.74, 6) is 1.13. The van der Waals surface area contributed by atoms with Gasteiger partial charge in [0.05, 0.1) is 6.33 Å². The Morgan fingerprint density at radius 2 is 1.72 bits per heavy atom. The lowest BCUT2D eigenvalue weighted by Gasteiger charge is -2.53. The second-order valence-electron chi connectivity index (χ2n) is 8.09. The second-order valence-corrected chi connectivity index (χ2v) is 8.09. The Morgan fingerprint density at radius 3 is 2.20 bits per heavy atom. The van der Waals surface area contributed by atoms with Crippen LogP contribution in [0.3, 0.4) is 0 Å². The van der Waals surface area contributed by atoms with Crippen molar-refractivity contribution < 1.29 is 13.9 Å². The summed E-state index contributed by atoms with van der Waals surface area (Å²) in [6.07, 6.45) is 9.15. The molecule has 1 aromatic rings. The van der Waals surface area contributed by atoms with E-state index in [1.165, 1.54) is 44.1 Å². The number of ether oxygens (including phenoxy) is 1. The Bertz CT molecular complexity index is 620. The summed E-state index contributed by atoms with van der Waals surface area (Å²) in [6, 6.07) is 8.40. The normalized spacial score (nSPS) is 28.8. The number of ketones is 1. The van der Waals surface area contributed by atoms with Crippen LogP contribution in [0.1, 0.15) is 70.8 Å². The molecule has 0 aromatic heterocycles. The first kappa shape index (κ1) is 18.2. The van der Waals surface area contributed by atoms with Crippen LogP contribution in [0.4, 0.5) is 4.39 Å². The van der Waals surface area contributed by atoms with E-state index in [1.807, 2.05) is 19.1 Å². The number of rotatable bonds is 7. The Morgan fingerprint density at radius 1 is 1.12 bits per heavy atom. The Balaban J connectivity index is 1.65. The van der Waals surface area contributed by atoms with Crippen molar-refractivity contribution in [3.63, 3.8) is 0 Å². The number of benzene rings is 1. The first-order valence-corrected chi connectivity index (χ1v) is 9.52. The average Bonchev–Trinajstić information content (AvgIpc) is 2.64. The van der Waals surface area contributed by atoms with Crippen LogP contribution in [0.15, 0.2) is 36.2 Å². The molecule has 0 amide bonds. The number of carbonyl (C=O) groups is 1. The maximum absolute atomic E-state index is 12.6. The average molecular weight is 344 g/mol. The summed E-state index contributed by atoms with van der Waals surface area (Å²) in [5.41, 5.74) is 2.63. The molecule has 1 aromatic carbocycles. The number of carbonyl (C=O) groups excluding carboxylic acids is 1. The van der Waals surface area contributed by atoms with Crippen molar-refractivity contribution in [2.75, 3.05) is 6.61 Å². The quantitative estimate of drug-likeness (QED) is 0.615. The Labute approximate surface area is 150 Å². The minimum atomic E-state index is 0.282. The largest absolute Gasteiger partial charge is 0.489 e. The number of Topliss-reactive ketones (excluding diaryl/α,β-unsaturated/α-hetero) is 1. The van der Waals surface area contributed by atoms with Crippen molar-refractivity contribution in [1.29, 1.82) is 0 Å². The van der Waals surface area contributed by atoms with E-state index >= 15 is 0 Å². The summed E-state index contributed by atoms with van der Waals surface area (Å²) in [5, 5.41) is 0. The molecule has 2 nitrogen and oxygen atoms in total. The van der Waals surface area contributed by atoms with Crippen LogP contribution in [0, 0.1) is 5.41 Å². The van der Waals surface area contributed by atoms with Crippen molar-refractivity contribution in [2.45, 2.75) is 70.6 Å². The van der Waals surface area contributed by atoms with E-state index in [1.54, 1.807) is 6.92 Å². The molecule has 25 heavy (non-hydrogen) atoms. The zero-order valence-corrected chi connectivity index (χ0v) is 15.4. The van der Waals surface area contributed by atoms with Gasteiger partial charge in [0.1, 0.15) is 18.1 Å². The van der Waals surface area contributed by atoms with E-state index in [2.05, 4.69) is 12.1 Å². The maximum Gasteiger partial charge on any atom is 0.130 e. The van der Waals surface area contributed by atoms with Gasteiger partial charge in [-0.25, -0.2) is 4.39 Å². The fraction of sp³-hybridized carbons (Fsp3) is 0.591. The summed E-state index contributed by atoms with van der Waals surface area (Å²) >= 11 is 0. The zero-order valence-electron chi connectivity index (χ0n) is 15.4. The van der Waals surface area contributed by atoms with Gasteiger partial charge in [0.15, 0.2) is 0 Å².